The molecule has 0 aliphatic carbocycles. The molecule has 0 radical (unpaired) electrons. The molecule has 3 heterocycles. The summed E-state index contributed by atoms with van der Waals surface area (Å²) in [6.45, 7) is 11.0. The van der Waals surface area contributed by atoms with Gasteiger partial charge in [-0.25, -0.2) is 0 Å². The number of nitrogens with one attached hydrogen (secondary N) is 1. The Morgan fingerprint density at radius 2 is 1.62 bits per heavy atom. The Bertz CT molecular complexity index is 298. The van der Waals surface area contributed by atoms with Gasteiger partial charge in [0.15, 0.2) is 0 Å². The summed E-state index contributed by atoms with van der Waals surface area (Å²) in [5.74, 6) is 0.964. The predicted molar refractivity (Wildman–Crippen MR) is 89.7 cm³/mol. The van der Waals surface area contributed by atoms with Crippen molar-refractivity contribution in [3.8, 4) is 0 Å². The van der Waals surface area contributed by atoms with Gasteiger partial charge in [-0.2, -0.15) is 0 Å². The summed E-state index contributed by atoms with van der Waals surface area (Å²) < 4.78 is 0. The van der Waals surface area contributed by atoms with Crippen molar-refractivity contribution in [1.82, 2.24) is 15.1 Å². The summed E-state index contributed by atoms with van der Waals surface area (Å²) in [7, 11) is 0. The quantitative estimate of drug-likeness (QED) is 0.841. The van der Waals surface area contributed by atoms with E-state index in [0.717, 1.165) is 30.6 Å². The van der Waals surface area contributed by atoms with Crippen LogP contribution in [0.5, 0.6) is 0 Å². The molecule has 0 saturated carbocycles. The van der Waals surface area contributed by atoms with E-state index in [4.69, 9.17) is 0 Å². The standard InChI is InChI=1S/C18H35N3/c1-3-19-16-12-17-6-5-7-18(13-16)21(17)14-15-8-10-20(4-2)11-9-15/h15-19H,3-14H2,1-2H3. The Hall–Kier alpha value is -0.120. The number of hydrogen-bond acceptors (Lipinski definition) is 3. The Labute approximate surface area is 131 Å². The van der Waals surface area contributed by atoms with E-state index in [0.29, 0.717) is 0 Å². The minimum absolute atomic E-state index is 0.795. The van der Waals surface area contributed by atoms with Crippen LogP contribution in [0.1, 0.15) is 58.8 Å². The summed E-state index contributed by atoms with van der Waals surface area (Å²) in [4.78, 5) is 5.55. The van der Waals surface area contributed by atoms with Crippen molar-refractivity contribution in [2.75, 3.05) is 32.7 Å². The number of fused-ring (bicyclic) bond motifs is 2. The van der Waals surface area contributed by atoms with Gasteiger partial charge in [0, 0.05) is 24.7 Å². The van der Waals surface area contributed by atoms with Gasteiger partial charge in [0.25, 0.3) is 0 Å². The van der Waals surface area contributed by atoms with Gasteiger partial charge in [-0.1, -0.05) is 20.3 Å². The average Bonchev–Trinajstić information content (AvgIpc) is 2.49. The molecule has 0 aromatic heterocycles. The molecular weight excluding hydrogens is 258 g/mol. The first-order valence-electron chi connectivity index (χ1n) is 9.51. The molecule has 122 valence electrons. The maximum atomic E-state index is 3.72. The van der Waals surface area contributed by atoms with Gasteiger partial charge in [-0.05, 0) is 70.6 Å². The summed E-state index contributed by atoms with van der Waals surface area (Å²) >= 11 is 0. The van der Waals surface area contributed by atoms with E-state index in [1.807, 2.05) is 0 Å². The average molecular weight is 293 g/mol. The fourth-order valence-corrected chi connectivity index (χ4v) is 5.02. The lowest BCUT2D eigenvalue weighted by Crippen LogP contribution is -2.57. The number of likely N-dealkylation sites (tertiary alicyclic amines) is 1. The molecule has 3 rings (SSSR count). The molecule has 3 aliphatic rings. The molecule has 2 atom stereocenters. The van der Waals surface area contributed by atoms with Gasteiger partial charge in [0.05, 0.1) is 0 Å². The van der Waals surface area contributed by atoms with Gasteiger partial charge >= 0.3 is 0 Å². The number of nitrogens with zero attached hydrogens (tertiary/aromatic N) is 2. The van der Waals surface area contributed by atoms with Crippen LogP contribution in [0.3, 0.4) is 0 Å². The summed E-state index contributed by atoms with van der Waals surface area (Å²) in [5, 5.41) is 3.72. The van der Waals surface area contributed by atoms with Crippen LogP contribution in [0, 0.1) is 5.92 Å². The molecule has 0 spiro atoms. The van der Waals surface area contributed by atoms with Gasteiger partial charge in [0.2, 0.25) is 0 Å². The second-order valence-corrected chi connectivity index (χ2v) is 7.54. The van der Waals surface area contributed by atoms with Crippen molar-refractivity contribution in [3.63, 3.8) is 0 Å². The Morgan fingerprint density at radius 3 is 2.19 bits per heavy atom. The topological polar surface area (TPSA) is 18.5 Å². The highest BCUT2D eigenvalue weighted by Gasteiger charge is 2.38. The molecule has 2 unspecified atom stereocenters. The zero-order chi connectivity index (χ0) is 14.7. The predicted octanol–water partition coefficient (Wildman–Crippen LogP) is 2.71. The number of hydrogen-bond donors (Lipinski definition) is 1. The molecule has 1 N–H and O–H groups in total. The molecule has 3 nitrogen and oxygen atoms in total. The van der Waals surface area contributed by atoms with E-state index >= 15 is 0 Å². The monoisotopic (exact) mass is 293 g/mol. The molecule has 3 aliphatic heterocycles. The molecule has 3 saturated heterocycles. The second-order valence-electron chi connectivity index (χ2n) is 7.54. The fraction of sp³-hybridized carbons (Fsp3) is 1.00. The minimum Gasteiger partial charge on any atom is -0.314 e. The number of piperidine rings is 3. The normalized spacial score (nSPS) is 36.0. The van der Waals surface area contributed by atoms with Gasteiger partial charge in [-0.15, -0.1) is 0 Å². The molecule has 0 amide bonds. The third-order valence-electron chi connectivity index (χ3n) is 6.24. The largest absolute Gasteiger partial charge is 0.314 e. The van der Waals surface area contributed by atoms with Crippen molar-refractivity contribution in [2.24, 2.45) is 5.92 Å². The zero-order valence-corrected chi connectivity index (χ0v) is 14.2. The van der Waals surface area contributed by atoms with Crippen LogP contribution in [0.4, 0.5) is 0 Å². The Balaban J connectivity index is 1.53. The molecule has 3 heteroatoms. The number of rotatable bonds is 5. The van der Waals surface area contributed by atoms with Crippen molar-refractivity contribution in [1.29, 1.82) is 0 Å². The summed E-state index contributed by atoms with van der Waals surface area (Å²) in [5.41, 5.74) is 0. The molecule has 21 heavy (non-hydrogen) atoms. The molecular formula is C18H35N3. The third-order valence-corrected chi connectivity index (χ3v) is 6.24. The van der Waals surface area contributed by atoms with Crippen LogP contribution in [-0.2, 0) is 0 Å². The third kappa shape index (κ3) is 3.80. The van der Waals surface area contributed by atoms with Crippen LogP contribution in [0.25, 0.3) is 0 Å². The van der Waals surface area contributed by atoms with Crippen molar-refractivity contribution >= 4 is 0 Å². The van der Waals surface area contributed by atoms with E-state index in [9.17, 15) is 0 Å². The highest BCUT2D eigenvalue weighted by molar-refractivity contribution is 4.95. The van der Waals surface area contributed by atoms with E-state index in [1.165, 1.54) is 71.1 Å². The van der Waals surface area contributed by atoms with Crippen LogP contribution < -0.4 is 5.32 Å². The van der Waals surface area contributed by atoms with Gasteiger partial charge in [0.1, 0.15) is 0 Å². The van der Waals surface area contributed by atoms with Crippen LogP contribution in [0.2, 0.25) is 0 Å². The molecule has 2 bridgehead atoms. The summed E-state index contributed by atoms with van der Waals surface area (Å²) in [6.07, 6.45) is 10.0. The second kappa shape index (κ2) is 7.43. The first kappa shape index (κ1) is 15.8. The van der Waals surface area contributed by atoms with E-state index in [2.05, 4.69) is 29.0 Å². The first-order valence-corrected chi connectivity index (χ1v) is 9.51. The zero-order valence-electron chi connectivity index (χ0n) is 14.2. The molecule has 0 aromatic rings. The van der Waals surface area contributed by atoms with Crippen molar-refractivity contribution in [2.45, 2.75) is 76.9 Å². The minimum atomic E-state index is 0.795. The van der Waals surface area contributed by atoms with Crippen molar-refractivity contribution < 1.29 is 0 Å². The van der Waals surface area contributed by atoms with Crippen LogP contribution in [0.15, 0.2) is 0 Å². The van der Waals surface area contributed by atoms with E-state index < -0.39 is 0 Å². The van der Waals surface area contributed by atoms with Crippen LogP contribution in [-0.4, -0.2) is 60.6 Å². The first-order chi connectivity index (χ1) is 10.3. The molecule has 3 fully saturated rings. The van der Waals surface area contributed by atoms with E-state index in [1.54, 1.807) is 0 Å². The Morgan fingerprint density at radius 1 is 0.952 bits per heavy atom. The maximum absolute atomic E-state index is 3.72. The molecule has 0 aromatic carbocycles. The lowest BCUT2D eigenvalue weighted by molar-refractivity contribution is 0.00411. The highest BCUT2D eigenvalue weighted by atomic mass is 15.2. The Kier molecular flexibility index (Phi) is 5.58. The lowest BCUT2D eigenvalue weighted by atomic mass is 9.80. The lowest BCUT2D eigenvalue weighted by Gasteiger charge is -2.50. The van der Waals surface area contributed by atoms with E-state index in [-0.39, 0.29) is 0 Å². The summed E-state index contributed by atoms with van der Waals surface area (Å²) in [6, 6.07) is 2.56. The van der Waals surface area contributed by atoms with Gasteiger partial charge in [-0.3, -0.25) is 4.90 Å². The SMILES string of the molecule is CCNC1CC2CCCC(C1)N2CC1CCN(CC)CC1. The highest BCUT2D eigenvalue weighted by Crippen LogP contribution is 2.35. The van der Waals surface area contributed by atoms with Gasteiger partial charge < -0.3 is 10.2 Å². The maximum Gasteiger partial charge on any atom is 0.0113 e. The van der Waals surface area contributed by atoms with Crippen molar-refractivity contribution in [3.05, 3.63) is 0 Å². The fourth-order valence-electron chi connectivity index (χ4n) is 5.02. The van der Waals surface area contributed by atoms with Crippen LogP contribution >= 0.6 is 0 Å². The smallest absolute Gasteiger partial charge is 0.0113 e.